The maximum absolute atomic E-state index is 4.68. The van der Waals surface area contributed by atoms with Crippen LogP contribution in [0.25, 0.3) is 66.2 Å². The molecule has 0 amide bonds. The number of nitrogens with zero attached hydrogens (tertiary/aromatic N) is 3. The average molecular weight is 514 g/mol. The van der Waals surface area contributed by atoms with E-state index in [0.717, 1.165) is 33.6 Å². The molecule has 7 rings (SSSR count). The van der Waals surface area contributed by atoms with Gasteiger partial charge in [0.15, 0.2) is 0 Å². The molecular formula is C37H27N3. The van der Waals surface area contributed by atoms with Gasteiger partial charge >= 0.3 is 0 Å². The lowest BCUT2D eigenvalue weighted by molar-refractivity contribution is 1.20. The summed E-state index contributed by atoms with van der Waals surface area (Å²) < 4.78 is 0. The highest BCUT2D eigenvalue weighted by atomic mass is 14.7. The van der Waals surface area contributed by atoms with Gasteiger partial charge in [0.2, 0.25) is 0 Å². The zero-order valence-electron chi connectivity index (χ0n) is 22.5. The largest absolute Gasteiger partial charge is 0.263 e. The molecule has 7 aromatic rings. The van der Waals surface area contributed by atoms with Crippen LogP contribution in [0.15, 0.2) is 128 Å². The predicted octanol–water partition coefficient (Wildman–Crippen LogP) is 9.46. The molecule has 0 saturated carbocycles. The lowest BCUT2D eigenvalue weighted by Gasteiger charge is -2.18. The Morgan fingerprint density at radius 1 is 0.450 bits per heavy atom. The Balaban J connectivity index is 1.45. The third kappa shape index (κ3) is 4.13. The summed E-state index contributed by atoms with van der Waals surface area (Å²) in [5.41, 5.74) is 11.3. The maximum atomic E-state index is 4.68. The first-order valence-electron chi connectivity index (χ1n) is 13.5. The molecule has 0 saturated heterocycles. The third-order valence-electron chi connectivity index (χ3n) is 7.64. The highest BCUT2D eigenvalue weighted by Gasteiger charge is 2.17. The molecule has 3 nitrogen and oxygen atoms in total. The van der Waals surface area contributed by atoms with E-state index in [0.29, 0.717) is 0 Å². The molecule has 3 aromatic heterocycles. The van der Waals surface area contributed by atoms with Crippen LogP contribution in [0.2, 0.25) is 0 Å². The molecule has 0 aliphatic heterocycles. The molecule has 0 aliphatic rings. The fraction of sp³-hybridized carbons (Fsp3) is 0.0541. The van der Waals surface area contributed by atoms with Gasteiger partial charge < -0.3 is 0 Å². The molecule has 3 heteroatoms. The van der Waals surface area contributed by atoms with Gasteiger partial charge in [-0.25, -0.2) is 0 Å². The van der Waals surface area contributed by atoms with E-state index in [1.807, 2.05) is 43.8 Å². The quantitative estimate of drug-likeness (QED) is 0.220. The lowest BCUT2D eigenvalue weighted by atomic mass is 9.85. The molecule has 0 fully saturated rings. The number of aromatic nitrogens is 3. The Bertz CT molecular complexity index is 1970. The summed E-state index contributed by atoms with van der Waals surface area (Å²) in [7, 11) is 0. The SMILES string of the molecule is Cc1cc(-c2cncc(-c3c4ccccc4c(-c4ccc(-c5ncccc5C)cc4)c4ccccc34)c2)ccn1. The fourth-order valence-corrected chi connectivity index (χ4v) is 5.79. The summed E-state index contributed by atoms with van der Waals surface area (Å²) in [6.45, 7) is 4.13. The second-order valence-electron chi connectivity index (χ2n) is 10.2. The van der Waals surface area contributed by atoms with Crippen molar-refractivity contribution in [1.82, 2.24) is 15.0 Å². The first kappa shape index (κ1) is 23.9. The summed E-state index contributed by atoms with van der Waals surface area (Å²) in [5, 5.41) is 4.88. The van der Waals surface area contributed by atoms with Crippen molar-refractivity contribution < 1.29 is 0 Å². The van der Waals surface area contributed by atoms with Crippen molar-refractivity contribution in [2.24, 2.45) is 0 Å². The van der Waals surface area contributed by atoms with E-state index in [2.05, 4.69) is 113 Å². The molecule has 0 unspecified atom stereocenters. The van der Waals surface area contributed by atoms with E-state index < -0.39 is 0 Å². The molecule has 190 valence electrons. The van der Waals surface area contributed by atoms with E-state index in [1.54, 1.807) is 0 Å². The fourth-order valence-electron chi connectivity index (χ4n) is 5.79. The van der Waals surface area contributed by atoms with Gasteiger partial charge in [0, 0.05) is 47.2 Å². The van der Waals surface area contributed by atoms with Crippen LogP contribution in [0.1, 0.15) is 11.3 Å². The van der Waals surface area contributed by atoms with Crippen LogP contribution in [-0.4, -0.2) is 15.0 Å². The first-order valence-corrected chi connectivity index (χ1v) is 13.5. The number of hydrogen-bond donors (Lipinski definition) is 0. The minimum Gasteiger partial charge on any atom is -0.263 e. The van der Waals surface area contributed by atoms with E-state index in [4.69, 9.17) is 0 Å². The van der Waals surface area contributed by atoms with Crippen molar-refractivity contribution in [3.8, 4) is 44.6 Å². The smallest absolute Gasteiger partial charge is 0.0731 e. The van der Waals surface area contributed by atoms with Gasteiger partial charge in [0.25, 0.3) is 0 Å². The number of fused-ring (bicyclic) bond motifs is 2. The van der Waals surface area contributed by atoms with Gasteiger partial charge in [-0.1, -0.05) is 78.9 Å². The zero-order valence-corrected chi connectivity index (χ0v) is 22.5. The van der Waals surface area contributed by atoms with Crippen LogP contribution in [-0.2, 0) is 0 Å². The Morgan fingerprint density at radius 3 is 1.68 bits per heavy atom. The molecule has 0 aliphatic carbocycles. The van der Waals surface area contributed by atoms with Gasteiger partial charge in [-0.15, -0.1) is 0 Å². The molecule has 0 bridgehead atoms. The van der Waals surface area contributed by atoms with Crippen LogP contribution < -0.4 is 0 Å². The van der Waals surface area contributed by atoms with Crippen LogP contribution >= 0.6 is 0 Å². The molecule has 0 N–H and O–H groups in total. The minimum atomic E-state index is 0.993. The first-order chi connectivity index (χ1) is 19.7. The Hall–Kier alpha value is -5.15. The van der Waals surface area contributed by atoms with Gasteiger partial charge in [-0.05, 0) is 87.5 Å². The Kier molecular flexibility index (Phi) is 5.90. The lowest BCUT2D eigenvalue weighted by Crippen LogP contribution is -1.92. The van der Waals surface area contributed by atoms with Crippen molar-refractivity contribution in [1.29, 1.82) is 0 Å². The van der Waals surface area contributed by atoms with Crippen LogP contribution in [0, 0.1) is 13.8 Å². The van der Waals surface area contributed by atoms with Crippen LogP contribution in [0.3, 0.4) is 0 Å². The van der Waals surface area contributed by atoms with Gasteiger partial charge in [0.05, 0.1) is 5.69 Å². The second kappa shape index (κ2) is 9.87. The number of hydrogen-bond acceptors (Lipinski definition) is 3. The standard InChI is InChI=1S/C37H27N3/c1-24-8-7-18-40-37(24)27-15-13-26(14-16-27)35-31-9-3-5-11-33(31)36(34-12-6-4-10-32(34)35)30-21-29(22-38-23-30)28-17-19-39-25(2)20-28/h3-23H,1-2H3. The minimum absolute atomic E-state index is 0.993. The number of pyridine rings is 3. The average Bonchev–Trinajstić information content (AvgIpc) is 3.00. The van der Waals surface area contributed by atoms with Crippen molar-refractivity contribution in [3.05, 3.63) is 139 Å². The van der Waals surface area contributed by atoms with Crippen molar-refractivity contribution >= 4 is 21.5 Å². The normalized spacial score (nSPS) is 11.2. The van der Waals surface area contributed by atoms with E-state index >= 15 is 0 Å². The molecule has 4 aromatic carbocycles. The van der Waals surface area contributed by atoms with Crippen molar-refractivity contribution in [2.45, 2.75) is 13.8 Å². The molecular weight excluding hydrogens is 486 g/mol. The topological polar surface area (TPSA) is 38.7 Å². The summed E-state index contributed by atoms with van der Waals surface area (Å²) >= 11 is 0. The summed E-state index contributed by atoms with van der Waals surface area (Å²) in [5.74, 6) is 0. The molecule has 0 spiro atoms. The molecule has 3 heterocycles. The Morgan fingerprint density at radius 2 is 1.05 bits per heavy atom. The van der Waals surface area contributed by atoms with Crippen molar-refractivity contribution in [3.63, 3.8) is 0 Å². The molecule has 0 atom stereocenters. The van der Waals surface area contributed by atoms with Crippen LogP contribution in [0.4, 0.5) is 0 Å². The molecule has 40 heavy (non-hydrogen) atoms. The van der Waals surface area contributed by atoms with E-state index in [1.165, 1.54) is 43.8 Å². The van der Waals surface area contributed by atoms with Gasteiger partial charge in [-0.3, -0.25) is 15.0 Å². The summed E-state index contributed by atoms with van der Waals surface area (Å²) in [6.07, 6.45) is 7.63. The third-order valence-corrected chi connectivity index (χ3v) is 7.64. The van der Waals surface area contributed by atoms with E-state index in [-0.39, 0.29) is 0 Å². The van der Waals surface area contributed by atoms with Gasteiger partial charge in [0.1, 0.15) is 0 Å². The summed E-state index contributed by atoms with van der Waals surface area (Å²) in [6, 6.07) is 36.8. The monoisotopic (exact) mass is 513 g/mol. The Labute approximate surface area is 233 Å². The number of benzene rings is 4. The number of aryl methyl sites for hydroxylation is 2. The highest BCUT2D eigenvalue weighted by molar-refractivity contribution is 6.21. The van der Waals surface area contributed by atoms with E-state index in [9.17, 15) is 0 Å². The van der Waals surface area contributed by atoms with Gasteiger partial charge in [-0.2, -0.15) is 0 Å². The summed E-state index contributed by atoms with van der Waals surface area (Å²) in [4.78, 5) is 13.7. The van der Waals surface area contributed by atoms with Crippen LogP contribution in [0.5, 0.6) is 0 Å². The second-order valence-corrected chi connectivity index (χ2v) is 10.2. The predicted molar refractivity (Wildman–Crippen MR) is 166 cm³/mol. The zero-order chi connectivity index (χ0) is 27.1. The molecule has 0 radical (unpaired) electrons. The maximum Gasteiger partial charge on any atom is 0.0731 e. The van der Waals surface area contributed by atoms with Crippen molar-refractivity contribution in [2.75, 3.05) is 0 Å². The highest BCUT2D eigenvalue weighted by Crippen LogP contribution is 2.44. The number of rotatable bonds is 4.